The highest BCUT2D eigenvalue weighted by atomic mass is 32.1. The van der Waals surface area contributed by atoms with E-state index in [0.717, 1.165) is 0 Å². The van der Waals surface area contributed by atoms with Gasteiger partial charge in [0.25, 0.3) is 0 Å². The van der Waals surface area contributed by atoms with E-state index in [4.69, 9.17) is 0 Å². The van der Waals surface area contributed by atoms with Gasteiger partial charge in [0, 0.05) is 17.2 Å². The summed E-state index contributed by atoms with van der Waals surface area (Å²) in [5, 5.41) is 2.01. The zero-order valence-corrected chi connectivity index (χ0v) is 7.65. The first-order chi connectivity index (χ1) is 5.25. The molecular weight excluding hydrogens is 156 g/mol. The summed E-state index contributed by atoms with van der Waals surface area (Å²) >= 11 is 1.65. The second-order valence-corrected chi connectivity index (χ2v) is 3.54. The minimum atomic E-state index is 0.0972. The summed E-state index contributed by atoms with van der Waals surface area (Å²) in [4.78, 5) is 12.4. The number of ketones is 1. The molecule has 1 aromatic heterocycles. The number of hydrogen-bond acceptors (Lipinski definition) is 2. The Bertz CT molecular complexity index is 226. The molecule has 0 fully saturated rings. The summed E-state index contributed by atoms with van der Waals surface area (Å²) in [7, 11) is 0. The van der Waals surface area contributed by atoms with Gasteiger partial charge in [-0.3, -0.25) is 4.79 Å². The lowest BCUT2D eigenvalue weighted by Gasteiger charge is -2.04. The van der Waals surface area contributed by atoms with Crippen molar-refractivity contribution in [2.75, 3.05) is 0 Å². The van der Waals surface area contributed by atoms with E-state index in [1.165, 1.54) is 4.88 Å². The summed E-state index contributed by atoms with van der Waals surface area (Å²) < 4.78 is 0. The van der Waals surface area contributed by atoms with Crippen molar-refractivity contribution >= 4 is 17.1 Å². The van der Waals surface area contributed by atoms with Gasteiger partial charge < -0.3 is 0 Å². The van der Waals surface area contributed by atoms with E-state index in [0.29, 0.717) is 12.2 Å². The number of thiophene rings is 1. The Kier molecular flexibility index (Phi) is 2.83. The molecule has 1 heterocycles. The maximum absolute atomic E-state index is 11.2. The number of rotatable bonds is 3. The maximum Gasteiger partial charge on any atom is 0.140 e. The van der Waals surface area contributed by atoms with Crippen molar-refractivity contribution in [3.05, 3.63) is 22.4 Å². The molecule has 0 aliphatic heterocycles. The molecule has 1 nitrogen and oxygen atoms in total. The summed E-state index contributed by atoms with van der Waals surface area (Å²) in [6.07, 6.45) is 0.638. The fourth-order valence-electron chi connectivity index (χ4n) is 1.00. The van der Waals surface area contributed by atoms with Crippen LogP contribution in [-0.2, 0) is 4.79 Å². The third kappa shape index (κ3) is 1.90. The van der Waals surface area contributed by atoms with E-state index in [1.54, 1.807) is 11.3 Å². The zero-order valence-electron chi connectivity index (χ0n) is 6.83. The summed E-state index contributed by atoms with van der Waals surface area (Å²) in [5.41, 5.74) is 0. The molecule has 11 heavy (non-hydrogen) atoms. The molecule has 60 valence electrons. The second kappa shape index (κ2) is 3.67. The SMILES string of the molecule is CCC(=O)C(C)c1cccs1. The average molecular weight is 168 g/mol. The van der Waals surface area contributed by atoms with Gasteiger partial charge in [0.1, 0.15) is 5.78 Å². The lowest BCUT2D eigenvalue weighted by Crippen LogP contribution is -2.05. The highest BCUT2D eigenvalue weighted by Crippen LogP contribution is 2.22. The van der Waals surface area contributed by atoms with Crippen LogP contribution in [-0.4, -0.2) is 5.78 Å². The first-order valence-electron chi connectivity index (χ1n) is 3.81. The van der Waals surface area contributed by atoms with Gasteiger partial charge in [0.2, 0.25) is 0 Å². The van der Waals surface area contributed by atoms with Crippen molar-refractivity contribution in [3.8, 4) is 0 Å². The van der Waals surface area contributed by atoms with Crippen LogP contribution in [0.2, 0.25) is 0 Å². The molecule has 0 aliphatic rings. The Balaban J connectivity index is 2.70. The van der Waals surface area contributed by atoms with Gasteiger partial charge in [0.15, 0.2) is 0 Å². The van der Waals surface area contributed by atoms with E-state index < -0.39 is 0 Å². The van der Waals surface area contributed by atoms with Gasteiger partial charge in [-0.15, -0.1) is 11.3 Å². The standard InChI is InChI=1S/C9H12OS/c1-3-8(10)7(2)9-5-4-6-11-9/h4-7H,3H2,1-2H3. The molecule has 1 atom stereocenters. The lowest BCUT2D eigenvalue weighted by molar-refractivity contribution is -0.119. The van der Waals surface area contributed by atoms with Crippen LogP contribution in [0.1, 0.15) is 31.1 Å². The van der Waals surface area contributed by atoms with Crippen LogP contribution in [0.4, 0.5) is 0 Å². The first-order valence-corrected chi connectivity index (χ1v) is 4.69. The molecule has 0 aliphatic carbocycles. The molecule has 0 bridgehead atoms. The largest absolute Gasteiger partial charge is 0.299 e. The van der Waals surface area contributed by atoms with Gasteiger partial charge in [-0.1, -0.05) is 19.9 Å². The van der Waals surface area contributed by atoms with Crippen LogP contribution in [0, 0.1) is 0 Å². The van der Waals surface area contributed by atoms with Crippen molar-refractivity contribution in [2.45, 2.75) is 26.2 Å². The molecule has 0 amide bonds. The fourth-order valence-corrected chi connectivity index (χ4v) is 1.81. The van der Waals surface area contributed by atoms with Gasteiger partial charge in [-0.05, 0) is 11.4 Å². The highest BCUT2D eigenvalue weighted by molar-refractivity contribution is 7.10. The third-order valence-corrected chi connectivity index (χ3v) is 2.86. The van der Waals surface area contributed by atoms with Gasteiger partial charge in [-0.25, -0.2) is 0 Å². The molecule has 1 aromatic rings. The van der Waals surface area contributed by atoms with E-state index in [-0.39, 0.29) is 5.92 Å². The molecule has 1 unspecified atom stereocenters. The van der Waals surface area contributed by atoms with Crippen LogP contribution < -0.4 is 0 Å². The molecule has 0 radical (unpaired) electrons. The zero-order chi connectivity index (χ0) is 8.27. The molecule has 0 N–H and O–H groups in total. The Labute approximate surface area is 71.1 Å². The summed E-state index contributed by atoms with van der Waals surface area (Å²) in [6, 6.07) is 4.00. The number of carbonyl (C=O) groups is 1. The summed E-state index contributed by atoms with van der Waals surface area (Å²) in [5.74, 6) is 0.424. The van der Waals surface area contributed by atoms with E-state index in [2.05, 4.69) is 0 Å². The van der Waals surface area contributed by atoms with Crippen molar-refractivity contribution in [3.63, 3.8) is 0 Å². The first kappa shape index (κ1) is 8.47. The second-order valence-electron chi connectivity index (χ2n) is 2.56. The predicted octanol–water partition coefficient (Wildman–Crippen LogP) is 2.83. The number of hydrogen-bond donors (Lipinski definition) is 0. The maximum atomic E-state index is 11.2. The average Bonchev–Trinajstić information content (AvgIpc) is 2.53. The van der Waals surface area contributed by atoms with E-state index in [1.807, 2.05) is 31.4 Å². The van der Waals surface area contributed by atoms with Crippen LogP contribution in [0.25, 0.3) is 0 Å². The van der Waals surface area contributed by atoms with E-state index >= 15 is 0 Å². The van der Waals surface area contributed by atoms with E-state index in [9.17, 15) is 4.79 Å². The molecule has 2 heteroatoms. The van der Waals surface area contributed by atoms with Crippen molar-refractivity contribution < 1.29 is 4.79 Å². The Morgan fingerprint density at radius 3 is 2.91 bits per heavy atom. The molecule has 1 rings (SSSR count). The van der Waals surface area contributed by atoms with Crippen LogP contribution in [0.5, 0.6) is 0 Å². The minimum Gasteiger partial charge on any atom is -0.299 e. The van der Waals surface area contributed by atoms with Crippen LogP contribution in [0.15, 0.2) is 17.5 Å². The number of Topliss-reactive ketones (excluding diaryl/α,β-unsaturated/α-hetero) is 1. The fraction of sp³-hybridized carbons (Fsp3) is 0.444. The lowest BCUT2D eigenvalue weighted by atomic mass is 10.0. The van der Waals surface area contributed by atoms with Gasteiger partial charge in [-0.2, -0.15) is 0 Å². The van der Waals surface area contributed by atoms with Crippen molar-refractivity contribution in [1.82, 2.24) is 0 Å². The third-order valence-electron chi connectivity index (χ3n) is 1.80. The smallest absolute Gasteiger partial charge is 0.140 e. The quantitative estimate of drug-likeness (QED) is 0.678. The highest BCUT2D eigenvalue weighted by Gasteiger charge is 2.12. The molecule has 0 saturated carbocycles. The Morgan fingerprint density at radius 2 is 2.45 bits per heavy atom. The van der Waals surface area contributed by atoms with Gasteiger partial charge >= 0.3 is 0 Å². The van der Waals surface area contributed by atoms with Crippen molar-refractivity contribution in [1.29, 1.82) is 0 Å². The Morgan fingerprint density at radius 1 is 1.73 bits per heavy atom. The monoisotopic (exact) mass is 168 g/mol. The number of carbonyl (C=O) groups excluding carboxylic acids is 1. The normalized spacial score (nSPS) is 12.9. The summed E-state index contributed by atoms with van der Waals surface area (Å²) in [6.45, 7) is 3.88. The Hall–Kier alpha value is -0.630. The minimum absolute atomic E-state index is 0.0972. The molecule has 0 aromatic carbocycles. The van der Waals surface area contributed by atoms with Crippen LogP contribution in [0.3, 0.4) is 0 Å². The predicted molar refractivity (Wildman–Crippen MR) is 48.0 cm³/mol. The van der Waals surface area contributed by atoms with Gasteiger partial charge in [0.05, 0.1) is 0 Å². The molecular formula is C9H12OS. The van der Waals surface area contributed by atoms with Crippen LogP contribution >= 0.6 is 11.3 Å². The molecule has 0 saturated heterocycles. The topological polar surface area (TPSA) is 17.1 Å². The van der Waals surface area contributed by atoms with Crippen molar-refractivity contribution in [2.24, 2.45) is 0 Å². The molecule has 0 spiro atoms.